The van der Waals surface area contributed by atoms with Crippen molar-refractivity contribution in [3.05, 3.63) is 70.0 Å². The molecule has 35 nitrogen and oxygen atoms in total. The molecule has 0 bridgehead atoms. The first-order valence-corrected chi connectivity index (χ1v) is 29.7. The van der Waals surface area contributed by atoms with Gasteiger partial charge in [0, 0.05) is 13.2 Å². The van der Waals surface area contributed by atoms with Crippen LogP contribution in [0.3, 0.4) is 0 Å². The van der Waals surface area contributed by atoms with Crippen molar-refractivity contribution in [1.82, 2.24) is 80.7 Å². The number of H-pyrrole nitrogens is 2. The number of aliphatic hydroxyl groups excluding tert-OH is 5. The van der Waals surface area contributed by atoms with Gasteiger partial charge in [-0.05, 0) is 60.0 Å². The fourth-order valence-corrected chi connectivity index (χ4v) is 12.1. The number of ether oxygens (including phenoxy) is 6. The second-order valence-corrected chi connectivity index (χ2v) is 24.5. The maximum absolute atomic E-state index is 12.5. The van der Waals surface area contributed by atoms with E-state index in [2.05, 4.69) is 94.1 Å². The molecule has 2 aliphatic carbocycles. The van der Waals surface area contributed by atoms with Crippen molar-refractivity contribution in [2.75, 3.05) is 50.8 Å². The maximum atomic E-state index is 12.5. The van der Waals surface area contributed by atoms with E-state index in [1.807, 2.05) is 12.1 Å². The Hall–Kier alpha value is -5.50. The first-order chi connectivity index (χ1) is 39.7. The van der Waals surface area contributed by atoms with Gasteiger partial charge in [0.05, 0.1) is 68.7 Å². The molecule has 8 heterocycles. The summed E-state index contributed by atoms with van der Waals surface area (Å²) in [5.41, 5.74) is 2.88. The molecule has 1 saturated carbocycles. The van der Waals surface area contributed by atoms with Crippen molar-refractivity contribution in [2.24, 2.45) is 0 Å². The third-order valence-electron chi connectivity index (χ3n) is 14.6. The van der Waals surface area contributed by atoms with E-state index >= 15 is 0 Å². The van der Waals surface area contributed by atoms with E-state index in [-0.39, 0.29) is 52.2 Å². The first-order valence-electron chi connectivity index (χ1n) is 25.7. The van der Waals surface area contributed by atoms with Gasteiger partial charge in [-0.1, -0.05) is 47.5 Å². The highest BCUT2D eigenvalue weighted by atomic mass is 35.5. The van der Waals surface area contributed by atoms with Gasteiger partial charge in [0.1, 0.15) is 54.9 Å². The van der Waals surface area contributed by atoms with Crippen LogP contribution in [0.1, 0.15) is 73.4 Å². The smallest absolute Gasteiger partial charge is 0.361 e. The molecule has 6 aromatic heterocycles. The third-order valence-corrected chi connectivity index (χ3v) is 17.9. The van der Waals surface area contributed by atoms with Crippen LogP contribution in [0.4, 0.5) is 11.6 Å². The number of aromatic amines is 2. The second-order valence-electron chi connectivity index (χ2n) is 20.0. The number of aliphatic hydroxyl groups is 5. The summed E-state index contributed by atoms with van der Waals surface area (Å²) in [6.45, 7) is -3.68. The molecule has 83 heavy (non-hydrogen) atoms. The minimum atomic E-state index is -5.13. The summed E-state index contributed by atoms with van der Waals surface area (Å²) in [7, 11) is -8.93. The lowest BCUT2D eigenvalue weighted by Gasteiger charge is -2.34. The molecule has 0 spiro atoms. The van der Waals surface area contributed by atoms with Crippen LogP contribution in [0.2, 0.25) is 10.6 Å². The van der Waals surface area contributed by atoms with Gasteiger partial charge in [0.25, 0.3) is 0 Å². The Morgan fingerprint density at radius 2 is 1.27 bits per heavy atom. The van der Waals surface area contributed by atoms with Gasteiger partial charge in [0.2, 0.25) is 15.9 Å². The summed E-state index contributed by atoms with van der Waals surface area (Å²) in [4.78, 5) is 57.5. The lowest BCUT2D eigenvalue weighted by atomic mass is 10.1. The Labute approximate surface area is 478 Å². The van der Waals surface area contributed by atoms with E-state index in [1.165, 1.54) is 34.4 Å². The van der Waals surface area contributed by atoms with Crippen molar-refractivity contribution in [1.29, 1.82) is 0 Å². The molecular weight excluding hydrogens is 1190 g/mol. The van der Waals surface area contributed by atoms with Crippen LogP contribution in [-0.4, -0.2) is 219 Å². The molecule has 0 unspecified atom stereocenters. The number of anilines is 2. The number of aromatic nitrogens is 16. The molecule has 11 atom stereocenters. The highest BCUT2D eigenvalue weighted by Gasteiger charge is 2.54. The highest BCUT2D eigenvalue weighted by molar-refractivity contribution is 7.53. The first kappa shape index (κ1) is 60.6. The number of benzene rings is 1. The Balaban J connectivity index is 0.000000185. The van der Waals surface area contributed by atoms with Crippen molar-refractivity contribution in [3.63, 3.8) is 0 Å². The monoisotopic (exact) mass is 1240 g/mol. The van der Waals surface area contributed by atoms with Crippen LogP contribution >= 0.6 is 38.4 Å². The Morgan fingerprint density at radius 1 is 0.723 bits per heavy atom. The van der Waals surface area contributed by atoms with Gasteiger partial charge in [-0.3, -0.25) is 9.13 Å². The SMILES string of the molecule is COC[C@@](COCc1nn[nH]n1)(OC[C@H]1O[C@@H](n2ncc3c(NC4CCCC4)nc(Cl)nc32)[C@H](O)[C@@H]1O)P(=O)(O)O.O=P(O)(O)[C@](CO)(Cc1nn[nH]n1)OC[C@H]1O[C@@H](n2ncc3c(N[C@@H]4CCc5ccccc54)nc(Cl)nc32)[C@H](O)[C@@H]1O. The number of fused-ring (bicyclic) bond motifs is 3. The molecule has 2 aliphatic heterocycles. The Kier molecular flexibility index (Phi) is 18.4. The predicted octanol–water partition coefficient (Wildman–Crippen LogP) is -0.443. The largest absolute Gasteiger partial charge is 0.393 e. The van der Waals surface area contributed by atoms with E-state index in [1.54, 1.807) is 0 Å². The molecule has 0 radical (unpaired) electrons. The van der Waals surface area contributed by atoms with E-state index in [9.17, 15) is 54.2 Å². The molecule has 39 heteroatoms. The predicted molar refractivity (Wildman–Crippen MR) is 282 cm³/mol. The minimum Gasteiger partial charge on any atom is -0.393 e. The van der Waals surface area contributed by atoms with Crippen LogP contribution in [0.25, 0.3) is 22.1 Å². The second kappa shape index (κ2) is 25.2. The van der Waals surface area contributed by atoms with Crippen molar-refractivity contribution < 1.29 is 82.7 Å². The molecule has 4 aliphatic rings. The topological polar surface area (TPSA) is 492 Å². The summed E-state index contributed by atoms with van der Waals surface area (Å²) in [5, 5.41) is 90.7. The molecule has 3 fully saturated rings. The molecule has 0 amide bonds. The Bertz CT molecular complexity index is 3420. The number of aryl methyl sites for hydroxylation is 1. The zero-order valence-corrected chi connectivity index (χ0v) is 46.9. The summed E-state index contributed by atoms with van der Waals surface area (Å²) in [5.74, 6) is 0.961. The van der Waals surface area contributed by atoms with Crippen LogP contribution in [0.5, 0.6) is 0 Å². The van der Waals surface area contributed by atoms with Crippen molar-refractivity contribution in [2.45, 2.75) is 123 Å². The summed E-state index contributed by atoms with van der Waals surface area (Å²) < 4.78 is 60.7. The summed E-state index contributed by atoms with van der Waals surface area (Å²) in [6, 6.07) is 8.33. The maximum Gasteiger partial charge on any atom is 0.361 e. The number of methoxy groups -OCH3 is 1. The molecule has 1 aromatic carbocycles. The Morgan fingerprint density at radius 3 is 1.80 bits per heavy atom. The molecular formula is C44H58Cl2N18O17P2. The number of rotatable bonds is 23. The molecule has 7 aromatic rings. The standard InChI is InChI=1S/C23H27ClN9O8P.C21H31ClN9O9P/c24-22-27-19(26-14-6-5-11-3-1-2-4-12(11)14)13-8-25-33(20(13)28-22)21-18(36)17(35)15(41-21)9-40-23(10-34,42(37,38)39)7-16-29-31-32-30-16;1-37-9-21(41(34,35)36,10-38-8-14-27-29-30-28-14)39-7-13-15(32)16(33)19(40-13)31-18-12(6-23-31)17(25-20(22)26-18)24-11-4-2-3-5-11/h1-4,8,14-15,17-18,21,34-36H,5-7,9-10H2,(H,26,27,28)(H2,37,38,39)(H,29,30,31,32);6,11,13,15-16,19,32-33H,2-5,7-10H2,1H3,(H,24,25,26)(H2,34,35,36)(H,27,28,29,30)/t14-,15-,17-,18-,21-,23+;13-,15-,16-,19-,21-/m11/s1. The van der Waals surface area contributed by atoms with E-state index in [4.69, 9.17) is 51.6 Å². The quantitative estimate of drug-likeness (QED) is 0.0285. The van der Waals surface area contributed by atoms with Gasteiger partial charge in [-0.2, -0.15) is 40.6 Å². The number of tetrazole rings is 2. The van der Waals surface area contributed by atoms with Gasteiger partial charge < -0.3 is 84.2 Å². The zero-order chi connectivity index (χ0) is 58.8. The molecule has 13 N–H and O–H groups in total. The number of hydrogen-bond donors (Lipinski definition) is 13. The van der Waals surface area contributed by atoms with Crippen LogP contribution in [-0.2, 0) is 57.0 Å². The fourth-order valence-electron chi connectivity index (χ4n) is 10.2. The average molecular weight is 1240 g/mol. The lowest BCUT2D eigenvalue weighted by molar-refractivity contribution is -0.135. The normalized spacial score (nSPS) is 25.4. The van der Waals surface area contributed by atoms with Gasteiger partial charge >= 0.3 is 15.2 Å². The number of nitrogens with zero attached hydrogens (tertiary/aromatic N) is 14. The van der Waals surface area contributed by atoms with Crippen LogP contribution in [0, 0.1) is 0 Å². The van der Waals surface area contributed by atoms with E-state index < -0.39 is 114 Å². The lowest BCUT2D eigenvalue weighted by Crippen LogP contribution is -2.45. The van der Waals surface area contributed by atoms with Crippen molar-refractivity contribution >= 4 is 72.1 Å². The number of halogens is 2. The zero-order valence-electron chi connectivity index (χ0n) is 43.6. The summed E-state index contributed by atoms with van der Waals surface area (Å²) in [6.07, 6.45) is -2.71. The number of hydrogen-bond acceptors (Lipinski definition) is 27. The van der Waals surface area contributed by atoms with Crippen LogP contribution < -0.4 is 10.6 Å². The highest BCUT2D eigenvalue weighted by Crippen LogP contribution is 2.54. The van der Waals surface area contributed by atoms with Gasteiger partial charge in [-0.15, -0.1) is 20.4 Å². The van der Waals surface area contributed by atoms with Gasteiger partial charge in [0.15, 0.2) is 40.7 Å². The van der Waals surface area contributed by atoms with Crippen LogP contribution in [0.15, 0.2) is 36.7 Å². The molecule has 11 rings (SSSR count). The number of nitrogens with one attached hydrogen (secondary N) is 4. The average Bonchev–Trinajstić information content (AvgIpc) is 3.71. The third kappa shape index (κ3) is 12.7. The molecule has 2 saturated heterocycles. The minimum absolute atomic E-state index is 0.0105. The van der Waals surface area contributed by atoms with E-state index in [0.29, 0.717) is 22.4 Å². The van der Waals surface area contributed by atoms with E-state index in [0.717, 1.165) is 44.1 Å². The van der Waals surface area contributed by atoms with Gasteiger partial charge in [-0.25, -0.2) is 9.36 Å². The molecule has 450 valence electrons. The summed E-state index contributed by atoms with van der Waals surface area (Å²) >= 11 is 12.5. The van der Waals surface area contributed by atoms with Crippen molar-refractivity contribution in [3.8, 4) is 0 Å². The fraction of sp³-hybridized carbons (Fsp3) is 0.591.